The van der Waals surface area contributed by atoms with Crippen molar-refractivity contribution in [2.45, 2.75) is 85.7 Å². The van der Waals surface area contributed by atoms with E-state index in [-0.39, 0.29) is 37.3 Å². The van der Waals surface area contributed by atoms with Gasteiger partial charge in [-0.2, -0.15) is 0 Å². The van der Waals surface area contributed by atoms with Crippen LogP contribution in [0.3, 0.4) is 0 Å². The van der Waals surface area contributed by atoms with Gasteiger partial charge in [-0.3, -0.25) is 9.59 Å². The van der Waals surface area contributed by atoms with Crippen molar-refractivity contribution in [1.29, 1.82) is 0 Å². The van der Waals surface area contributed by atoms with Crippen LogP contribution in [0.25, 0.3) is 0 Å². The molecule has 8 heteroatoms. The van der Waals surface area contributed by atoms with E-state index in [2.05, 4.69) is 18.3 Å². The first-order chi connectivity index (χ1) is 17.3. The van der Waals surface area contributed by atoms with Crippen molar-refractivity contribution in [3.8, 4) is 0 Å². The standard InChI is InChI=1S/C29H43NO7/c1-17(2)22-13-19-14-28(16-31)21-8-7-18(3)20(21)15-27(19,29(22,28)24(33)34)10-12-36-23(32)9-11-30-25(35)37-26(4,5)6/h13,16-21H,7-12,14-15H2,1-6H3,(H,30,35)(H,33,34)/t18-,19?,20?,21?,27?,28?,29?/m1/s1. The van der Waals surface area contributed by atoms with Crippen LogP contribution in [-0.2, 0) is 23.9 Å². The summed E-state index contributed by atoms with van der Waals surface area (Å²) in [5, 5.41) is 13.5. The molecule has 0 saturated heterocycles. The number of alkyl carbamates (subject to hydrolysis) is 1. The Bertz CT molecular complexity index is 997. The van der Waals surface area contributed by atoms with Crippen LogP contribution in [0.2, 0.25) is 0 Å². The summed E-state index contributed by atoms with van der Waals surface area (Å²) in [6, 6.07) is 0. The zero-order chi connectivity index (χ0) is 27.4. The van der Waals surface area contributed by atoms with Gasteiger partial charge >= 0.3 is 18.0 Å². The molecule has 0 aromatic rings. The normalized spacial score (nSPS) is 37.6. The van der Waals surface area contributed by atoms with Crippen LogP contribution < -0.4 is 5.32 Å². The summed E-state index contributed by atoms with van der Waals surface area (Å²) >= 11 is 0. The fourth-order valence-corrected chi connectivity index (χ4v) is 8.83. The number of hydrogen-bond donors (Lipinski definition) is 2. The Morgan fingerprint density at radius 2 is 1.92 bits per heavy atom. The number of carboxylic acids is 1. The number of nitrogens with one attached hydrogen (secondary N) is 1. The van der Waals surface area contributed by atoms with E-state index < -0.39 is 39.9 Å². The molecule has 8 nitrogen and oxygen atoms in total. The molecular weight excluding hydrogens is 474 g/mol. The maximum atomic E-state index is 13.4. The van der Waals surface area contributed by atoms with E-state index >= 15 is 0 Å². The Morgan fingerprint density at radius 3 is 2.51 bits per heavy atom. The van der Waals surface area contributed by atoms with Crippen LogP contribution in [0.1, 0.15) is 80.1 Å². The van der Waals surface area contributed by atoms with Gasteiger partial charge in [0.15, 0.2) is 0 Å². The van der Waals surface area contributed by atoms with E-state index in [4.69, 9.17) is 9.47 Å². The number of ether oxygens (including phenoxy) is 2. The van der Waals surface area contributed by atoms with E-state index in [1.165, 1.54) is 0 Å². The number of amides is 1. The molecule has 7 atom stereocenters. The second-order valence-corrected chi connectivity index (χ2v) is 13.1. The first kappa shape index (κ1) is 27.6. The van der Waals surface area contributed by atoms with E-state index in [1.54, 1.807) is 20.8 Å². The van der Waals surface area contributed by atoms with Gasteiger partial charge in [-0.05, 0) is 76.0 Å². The number of rotatable bonds is 9. The van der Waals surface area contributed by atoms with Gasteiger partial charge in [-0.25, -0.2) is 4.79 Å². The van der Waals surface area contributed by atoms with Crippen LogP contribution >= 0.6 is 0 Å². The van der Waals surface area contributed by atoms with E-state index in [0.29, 0.717) is 24.7 Å². The summed E-state index contributed by atoms with van der Waals surface area (Å²) in [4.78, 5) is 50.7. The highest BCUT2D eigenvalue weighted by atomic mass is 16.6. The summed E-state index contributed by atoms with van der Waals surface area (Å²) in [6.07, 6.45) is 6.20. The summed E-state index contributed by atoms with van der Waals surface area (Å²) in [5.74, 6) is -0.534. The molecular formula is C29H43NO7. The molecule has 206 valence electrons. The second kappa shape index (κ2) is 9.42. The molecule has 0 spiro atoms. The predicted octanol–water partition coefficient (Wildman–Crippen LogP) is 4.76. The van der Waals surface area contributed by atoms with Crippen molar-refractivity contribution in [2.24, 2.45) is 45.8 Å². The molecule has 37 heavy (non-hydrogen) atoms. The highest BCUT2D eigenvalue weighted by molar-refractivity contribution is 5.90. The Hall–Kier alpha value is -2.38. The fraction of sp³-hybridized carbons (Fsp3) is 0.793. The van der Waals surface area contributed by atoms with Gasteiger partial charge in [0.25, 0.3) is 0 Å². The molecule has 4 bridgehead atoms. The van der Waals surface area contributed by atoms with Crippen molar-refractivity contribution >= 4 is 24.3 Å². The van der Waals surface area contributed by atoms with Gasteiger partial charge in [0.1, 0.15) is 17.3 Å². The molecule has 0 aromatic carbocycles. The molecule has 3 saturated carbocycles. The van der Waals surface area contributed by atoms with Crippen LogP contribution in [0.5, 0.6) is 0 Å². The lowest BCUT2D eigenvalue weighted by atomic mass is 9.42. The van der Waals surface area contributed by atoms with Gasteiger partial charge < -0.3 is 24.7 Å². The van der Waals surface area contributed by atoms with E-state index in [1.807, 2.05) is 13.8 Å². The van der Waals surface area contributed by atoms with E-state index in [0.717, 1.165) is 31.1 Å². The topological polar surface area (TPSA) is 119 Å². The highest BCUT2D eigenvalue weighted by Gasteiger charge is 2.83. The number of esters is 1. The third-order valence-corrected chi connectivity index (χ3v) is 9.93. The maximum Gasteiger partial charge on any atom is 0.407 e. The minimum absolute atomic E-state index is 0.00471. The number of aldehydes is 1. The molecule has 0 radical (unpaired) electrons. The molecule has 3 fully saturated rings. The molecule has 0 heterocycles. The van der Waals surface area contributed by atoms with Crippen LogP contribution in [-0.4, -0.2) is 48.2 Å². The summed E-state index contributed by atoms with van der Waals surface area (Å²) in [7, 11) is 0. The van der Waals surface area contributed by atoms with Crippen molar-refractivity contribution in [2.75, 3.05) is 13.2 Å². The van der Waals surface area contributed by atoms with Gasteiger partial charge in [0, 0.05) is 12.0 Å². The van der Waals surface area contributed by atoms with Crippen molar-refractivity contribution in [1.82, 2.24) is 5.32 Å². The Balaban J connectivity index is 1.52. The average molecular weight is 518 g/mol. The van der Waals surface area contributed by atoms with Crippen molar-refractivity contribution in [3.05, 3.63) is 11.6 Å². The molecule has 4 rings (SSSR count). The minimum atomic E-state index is -1.25. The number of allylic oxidation sites excluding steroid dienone is 1. The predicted molar refractivity (Wildman–Crippen MR) is 136 cm³/mol. The van der Waals surface area contributed by atoms with Gasteiger partial charge in [-0.1, -0.05) is 38.8 Å². The van der Waals surface area contributed by atoms with Gasteiger partial charge in [-0.15, -0.1) is 0 Å². The Labute approximate surface area is 219 Å². The number of fused-ring (bicyclic) bond motifs is 2. The molecule has 4 aliphatic carbocycles. The van der Waals surface area contributed by atoms with Crippen LogP contribution in [0.15, 0.2) is 11.6 Å². The molecule has 2 N–H and O–H groups in total. The summed E-state index contributed by atoms with van der Waals surface area (Å²) in [5.41, 5.74) is -2.55. The number of carboxylic acid groups (broad SMARTS) is 1. The molecule has 0 aliphatic heterocycles. The van der Waals surface area contributed by atoms with Crippen molar-refractivity contribution in [3.63, 3.8) is 0 Å². The first-order valence-corrected chi connectivity index (χ1v) is 13.8. The van der Waals surface area contributed by atoms with Gasteiger partial charge in [0.05, 0.1) is 18.4 Å². The quantitative estimate of drug-likeness (QED) is 0.257. The molecule has 0 aromatic heterocycles. The summed E-state index contributed by atoms with van der Waals surface area (Å²) in [6.45, 7) is 11.7. The lowest BCUT2D eigenvalue weighted by molar-refractivity contribution is -0.182. The third kappa shape index (κ3) is 4.00. The molecule has 1 amide bonds. The highest BCUT2D eigenvalue weighted by Crippen LogP contribution is 2.83. The monoisotopic (exact) mass is 517 g/mol. The number of carbonyl (C=O) groups is 4. The number of hydrogen-bond acceptors (Lipinski definition) is 6. The molecule has 4 aliphatic rings. The number of carbonyl (C=O) groups excluding carboxylic acids is 3. The van der Waals surface area contributed by atoms with Crippen LogP contribution in [0.4, 0.5) is 4.79 Å². The SMILES string of the molecule is CC(C)C1=CC2CC3(C=O)C4CC[C@@H](C)C4CC2(CCOC(=O)CCNC(=O)OC(C)(C)C)C13C(=O)O. The lowest BCUT2D eigenvalue weighted by Crippen LogP contribution is -2.62. The molecule has 6 unspecified atom stereocenters. The second-order valence-electron chi connectivity index (χ2n) is 13.1. The largest absolute Gasteiger partial charge is 0.481 e. The van der Waals surface area contributed by atoms with E-state index in [9.17, 15) is 24.3 Å². The first-order valence-electron chi connectivity index (χ1n) is 13.8. The Kier molecular flexibility index (Phi) is 7.04. The average Bonchev–Trinajstić information content (AvgIpc) is 3.35. The summed E-state index contributed by atoms with van der Waals surface area (Å²) < 4.78 is 10.8. The van der Waals surface area contributed by atoms with Gasteiger partial charge in [0.2, 0.25) is 0 Å². The lowest BCUT2D eigenvalue weighted by Gasteiger charge is -2.58. The number of aliphatic carboxylic acids is 1. The smallest absolute Gasteiger partial charge is 0.407 e. The van der Waals surface area contributed by atoms with Crippen molar-refractivity contribution < 1.29 is 33.8 Å². The van der Waals surface area contributed by atoms with Crippen LogP contribution in [0, 0.1) is 45.8 Å². The minimum Gasteiger partial charge on any atom is -0.481 e. The third-order valence-electron chi connectivity index (χ3n) is 9.93. The maximum absolute atomic E-state index is 13.4. The fourth-order valence-electron chi connectivity index (χ4n) is 8.83. The zero-order valence-corrected chi connectivity index (χ0v) is 23.1. The Morgan fingerprint density at radius 1 is 1.22 bits per heavy atom. The zero-order valence-electron chi connectivity index (χ0n) is 23.1.